The van der Waals surface area contributed by atoms with Crippen molar-refractivity contribution in [3.8, 4) is 5.75 Å². The molecular weight excluding hydrogens is 314 g/mol. The van der Waals surface area contributed by atoms with E-state index in [1.54, 1.807) is 12.3 Å². The summed E-state index contributed by atoms with van der Waals surface area (Å²) in [6.45, 7) is 6.50. The molecule has 1 heterocycles. The molecule has 1 amide bonds. The van der Waals surface area contributed by atoms with Crippen LogP contribution in [0.1, 0.15) is 57.1 Å². The Morgan fingerprint density at radius 1 is 1.32 bits per heavy atom. The smallest absolute Gasteiger partial charge is 0.244 e. The first-order valence-corrected chi connectivity index (χ1v) is 9.22. The summed E-state index contributed by atoms with van der Waals surface area (Å²) < 4.78 is 11.3. The fourth-order valence-corrected chi connectivity index (χ4v) is 3.53. The van der Waals surface area contributed by atoms with Gasteiger partial charge in [-0.15, -0.1) is 0 Å². The summed E-state index contributed by atoms with van der Waals surface area (Å²) in [6.07, 6.45) is 9.30. The summed E-state index contributed by atoms with van der Waals surface area (Å²) in [4.78, 5) is 12.4. The van der Waals surface area contributed by atoms with Gasteiger partial charge in [-0.2, -0.15) is 0 Å². The summed E-state index contributed by atoms with van der Waals surface area (Å²) in [5.74, 6) is 0.736. The van der Waals surface area contributed by atoms with Gasteiger partial charge < -0.3 is 14.5 Å². The van der Waals surface area contributed by atoms with Crippen molar-refractivity contribution >= 4 is 22.4 Å². The quantitative estimate of drug-likeness (QED) is 0.779. The van der Waals surface area contributed by atoms with Crippen LogP contribution in [0, 0.1) is 6.92 Å². The Labute approximate surface area is 149 Å². The van der Waals surface area contributed by atoms with E-state index >= 15 is 0 Å². The lowest BCUT2D eigenvalue weighted by Gasteiger charge is -2.22. The van der Waals surface area contributed by atoms with Crippen molar-refractivity contribution in [3.63, 3.8) is 0 Å². The van der Waals surface area contributed by atoms with Crippen LogP contribution in [-0.2, 0) is 4.79 Å². The van der Waals surface area contributed by atoms with Gasteiger partial charge in [0, 0.05) is 29.1 Å². The Morgan fingerprint density at radius 3 is 2.80 bits per heavy atom. The van der Waals surface area contributed by atoms with Gasteiger partial charge in [-0.05, 0) is 50.8 Å². The molecule has 1 aromatic heterocycles. The van der Waals surface area contributed by atoms with Crippen LogP contribution in [0.25, 0.3) is 16.5 Å². The molecule has 0 saturated heterocycles. The molecule has 1 aliphatic carbocycles. The fraction of sp³-hybridized carbons (Fsp3) is 0.476. The van der Waals surface area contributed by atoms with Crippen molar-refractivity contribution < 1.29 is 13.9 Å². The number of rotatable bonds is 5. The Morgan fingerprint density at radius 2 is 2.08 bits per heavy atom. The molecule has 1 aromatic carbocycles. The number of carbonyl (C=O) groups is 1. The average molecular weight is 341 g/mol. The Bertz CT molecular complexity index is 782. The molecule has 1 aliphatic rings. The van der Waals surface area contributed by atoms with Crippen LogP contribution >= 0.6 is 0 Å². The molecule has 0 bridgehead atoms. The molecule has 1 fully saturated rings. The number of furan rings is 1. The Hall–Kier alpha value is -2.23. The van der Waals surface area contributed by atoms with Crippen molar-refractivity contribution in [2.75, 3.05) is 6.61 Å². The summed E-state index contributed by atoms with van der Waals surface area (Å²) in [7, 11) is 0. The molecule has 0 unspecified atom stereocenters. The van der Waals surface area contributed by atoms with Crippen LogP contribution < -0.4 is 10.1 Å². The first kappa shape index (κ1) is 17.6. The first-order chi connectivity index (χ1) is 12.1. The first-order valence-electron chi connectivity index (χ1n) is 9.22. The van der Waals surface area contributed by atoms with E-state index in [1.807, 2.05) is 26.8 Å². The number of ether oxygens (including phenoxy) is 1. The predicted molar refractivity (Wildman–Crippen MR) is 101 cm³/mol. The maximum Gasteiger partial charge on any atom is 0.244 e. The maximum absolute atomic E-state index is 12.4. The largest absolute Gasteiger partial charge is 0.493 e. The number of carbonyl (C=O) groups excluding carboxylic acids is 1. The molecule has 0 radical (unpaired) electrons. The molecule has 4 heteroatoms. The number of benzene rings is 1. The molecule has 0 aliphatic heterocycles. The highest BCUT2D eigenvalue weighted by Crippen LogP contribution is 2.33. The van der Waals surface area contributed by atoms with Gasteiger partial charge in [0.1, 0.15) is 11.3 Å². The molecular formula is C21H27NO3. The summed E-state index contributed by atoms with van der Waals surface area (Å²) in [5, 5.41) is 4.19. The van der Waals surface area contributed by atoms with E-state index in [1.165, 1.54) is 19.3 Å². The predicted octanol–water partition coefficient (Wildman–Crippen LogP) is 4.99. The van der Waals surface area contributed by atoms with Gasteiger partial charge in [-0.3, -0.25) is 4.79 Å². The van der Waals surface area contributed by atoms with E-state index in [0.717, 1.165) is 46.3 Å². The second kappa shape index (κ2) is 7.77. The molecule has 25 heavy (non-hydrogen) atoms. The third-order valence-electron chi connectivity index (χ3n) is 4.89. The van der Waals surface area contributed by atoms with Crippen LogP contribution in [-0.4, -0.2) is 18.6 Å². The van der Waals surface area contributed by atoms with Gasteiger partial charge in [0.05, 0.1) is 12.9 Å². The number of amides is 1. The van der Waals surface area contributed by atoms with Crippen LogP contribution in [0.2, 0.25) is 0 Å². The minimum atomic E-state index is -0.0177. The number of aryl methyl sites for hydroxylation is 1. The van der Waals surface area contributed by atoms with Gasteiger partial charge in [-0.25, -0.2) is 0 Å². The number of fused-ring (bicyclic) bond motifs is 1. The third-order valence-corrected chi connectivity index (χ3v) is 4.89. The minimum absolute atomic E-state index is 0.0177. The van der Waals surface area contributed by atoms with Crippen molar-refractivity contribution in [2.45, 2.75) is 58.9 Å². The lowest BCUT2D eigenvalue weighted by Crippen LogP contribution is -2.35. The number of nitrogens with one attached hydrogen (secondary N) is 1. The van der Waals surface area contributed by atoms with Gasteiger partial charge in [-0.1, -0.05) is 19.3 Å². The lowest BCUT2D eigenvalue weighted by molar-refractivity contribution is -0.117. The van der Waals surface area contributed by atoms with Gasteiger partial charge in [0.15, 0.2) is 0 Å². The summed E-state index contributed by atoms with van der Waals surface area (Å²) in [5.41, 5.74) is 3.74. The third kappa shape index (κ3) is 4.06. The second-order valence-corrected chi connectivity index (χ2v) is 6.87. The second-order valence-electron chi connectivity index (χ2n) is 6.87. The molecule has 0 atom stereocenters. The summed E-state index contributed by atoms with van der Waals surface area (Å²) >= 11 is 0. The van der Waals surface area contributed by atoms with Crippen molar-refractivity contribution in [2.24, 2.45) is 0 Å². The Balaban J connectivity index is 1.85. The normalized spacial score (nSPS) is 16.2. The molecule has 134 valence electrons. The number of hydrogen-bond acceptors (Lipinski definition) is 3. The van der Waals surface area contributed by atoms with Gasteiger partial charge >= 0.3 is 0 Å². The molecule has 1 saturated carbocycles. The Kier molecular flexibility index (Phi) is 5.47. The van der Waals surface area contributed by atoms with Crippen molar-refractivity contribution in [3.05, 3.63) is 35.6 Å². The van der Waals surface area contributed by atoms with Crippen molar-refractivity contribution in [1.82, 2.24) is 5.32 Å². The van der Waals surface area contributed by atoms with Crippen LogP contribution in [0.4, 0.5) is 0 Å². The van der Waals surface area contributed by atoms with Crippen LogP contribution in [0.3, 0.4) is 0 Å². The van der Waals surface area contributed by atoms with E-state index in [4.69, 9.17) is 9.15 Å². The van der Waals surface area contributed by atoms with E-state index in [0.29, 0.717) is 12.6 Å². The summed E-state index contributed by atoms with van der Waals surface area (Å²) in [6, 6.07) is 4.28. The number of hydrogen-bond donors (Lipinski definition) is 1. The highest BCUT2D eigenvalue weighted by molar-refractivity contribution is 5.97. The molecule has 4 nitrogen and oxygen atoms in total. The van der Waals surface area contributed by atoms with Gasteiger partial charge in [0.2, 0.25) is 5.91 Å². The highest BCUT2D eigenvalue weighted by Gasteiger charge is 2.16. The van der Waals surface area contributed by atoms with Crippen molar-refractivity contribution in [1.29, 1.82) is 0 Å². The van der Waals surface area contributed by atoms with E-state index in [-0.39, 0.29) is 5.91 Å². The molecule has 2 aromatic rings. The standard InChI is InChI=1S/C21H27NO3/c1-4-24-19-12-20-18(15(3)13-25-20)11-17(19)14(2)10-21(23)22-16-8-6-5-7-9-16/h10-13,16H,4-9H2,1-3H3,(H,22,23)/b14-10+. The zero-order valence-electron chi connectivity index (χ0n) is 15.4. The lowest BCUT2D eigenvalue weighted by atomic mass is 9.95. The highest BCUT2D eigenvalue weighted by atomic mass is 16.5. The fourth-order valence-electron chi connectivity index (χ4n) is 3.53. The maximum atomic E-state index is 12.4. The molecule has 3 rings (SSSR count). The van der Waals surface area contributed by atoms with E-state index in [2.05, 4.69) is 11.4 Å². The van der Waals surface area contributed by atoms with Crippen LogP contribution in [0.5, 0.6) is 5.75 Å². The monoisotopic (exact) mass is 341 g/mol. The number of allylic oxidation sites excluding steroid dienone is 1. The minimum Gasteiger partial charge on any atom is -0.493 e. The average Bonchev–Trinajstić information content (AvgIpc) is 2.95. The van der Waals surface area contributed by atoms with E-state index < -0.39 is 0 Å². The van der Waals surface area contributed by atoms with Crippen LogP contribution in [0.15, 0.2) is 28.9 Å². The topological polar surface area (TPSA) is 51.5 Å². The molecule has 1 N–H and O–H groups in total. The SMILES string of the molecule is CCOc1cc2occ(C)c2cc1/C(C)=C/C(=O)NC1CCCCC1. The molecule has 0 spiro atoms. The van der Waals surface area contributed by atoms with E-state index in [9.17, 15) is 4.79 Å². The zero-order valence-corrected chi connectivity index (χ0v) is 15.4. The van der Waals surface area contributed by atoms with Gasteiger partial charge in [0.25, 0.3) is 0 Å². The zero-order chi connectivity index (χ0) is 17.8.